The molecule has 0 N–H and O–H groups in total. The molecule has 0 atom stereocenters. The molecule has 43 heavy (non-hydrogen) atoms. The highest BCUT2D eigenvalue weighted by atomic mass is 15.0. The molecule has 2 aromatic heterocycles. The van der Waals surface area contributed by atoms with Crippen LogP contribution in [-0.4, -0.2) is 14.5 Å². The predicted molar refractivity (Wildman–Crippen MR) is 179 cm³/mol. The van der Waals surface area contributed by atoms with Crippen molar-refractivity contribution in [3.63, 3.8) is 0 Å². The van der Waals surface area contributed by atoms with Gasteiger partial charge in [-0.2, -0.15) is 0 Å². The number of hydrogen-bond donors (Lipinski definition) is 0. The summed E-state index contributed by atoms with van der Waals surface area (Å²) in [6.07, 6.45) is 0. The van der Waals surface area contributed by atoms with E-state index in [9.17, 15) is 0 Å². The Balaban J connectivity index is 1.32. The van der Waals surface area contributed by atoms with Crippen molar-refractivity contribution in [1.82, 2.24) is 14.5 Å². The maximum absolute atomic E-state index is 5.15. The Hall–Kier alpha value is -5.80. The number of fused-ring (bicyclic) bond motifs is 1. The van der Waals surface area contributed by atoms with Crippen LogP contribution in [0.15, 0.2) is 152 Å². The molecule has 3 heteroatoms. The van der Waals surface area contributed by atoms with Crippen LogP contribution in [0.1, 0.15) is 0 Å². The third-order valence-corrected chi connectivity index (χ3v) is 8.57. The first kappa shape index (κ1) is 23.9. The van der Waals surface area contributed by atoms with E-state index in [1.165, 1.54) is 38.0 Å². The van der Waals surface area contributed by atoms with Crippen LogP contribution in [-0.2, 0) is 0 Å². The lowest BCUT2D eigenvalue weighted by Gasteiger charge is -2.15. The van der Waals surface area contributed by atoms with Crippen LogP contribution in [0.5, 0.6) is 0 Å². The van der Waals surface area contributed by atoms with Crippen molar-refractivity contribution in [2.45, 2.75) is 0 Å². The molecule has 7 aromatic carbocycles. The van der Waals surface area contributed by atoms with Gasteiger partial charge in [0, 0.05) is 32.8 Å². The van der Waals surface area contributed by atoms with E-state index in [1.807, 2.05) is 24.3 Å². The van der Waals surface area contributed by atoms with Crippen molar-refractivity contribution in [2.24, 2.45) is 0 Å². The Labute approximate surface area is 248 Å². The fourth-order valence-corrected chi connectivity index (χ4v) is 6.64. The zero-order valence-corrected chi connectivity index (χ0v) is 23.3. The van der Waals surface area contributed by atoms with Gasteiger partial charge in [0.25, 0.3) is 0 Å². The fourth-order valence-electron chi connectivity index (χ4n) is 6.64. The number of benzene rings is 7. The molecule has 0 aliphatic heterocycles. The molecule has 0 bridgehead atoms. The SMILES string of the molecule is c1ccc(-c2cc(-c3ccc(-n4c5cccc6ccc7cccc4c7c65)c4ccccc34)nc(-c3ccccc3)n2)cc1. The Morgan fingerprint density at radius 3 is 1.67 bits per heavy atom. The van der Waals surface area contributed by atoms with Gasteiger partial charge in [-0.25, -0.2) is 9.97 Å². The van der Waals surface area contributed by atoms with Crippen LogP contribution in [0.25, 0.3) is 82.9 Å². The van der Waals surface area contributed by atoms with Gasteiger partial charge in [-0.3, -0.25) is 0 Å². The first-order valence-corrected chi connectivity index (χ1v) is 14.6. The predicted octanol–water partition coefficient (Wildman–Crippen LogP) is 10.3. The molecule has 9 rings (SSSR count). The van der Waals surface area contributed by atoms with E-state index in [0.717, 1.165) is 45.0 Å². The second-order valence-corrected chi connectivity index (χ2v) is 11.0. The third kappa shape index (κ3) is 3.68. The van der Waals surface area contributed by atoms with Crippen molar-refractivity contribution < 1.29 is 0 Å². The summed E-state index contributed by atoms with van der Waals surface area (Å²) in [7, 11) is 0. The molecule has 0 fully saturated rings. The van der Waals surface area contributed by atoms with Gasteiger partial charge in [-0.1, -0.05) is 127 Å². The summed E-state index contributed by atoms with van der Waals surface area (Å²) in [5.41, 5.74) is 8.58. The van der Waals surface area contributed by atoms with Gasteiger partial charge < -0.3 is 4.57 Å². The third-order valence-electron chi connectivity index (χ3n) is 8.57. The van der Waals surface area contributed by atoms with Gasteiger partial charge in [0.1, 0.15) is 0 Å². The minimum absolute atomic E-state index is 0.721. The topological polar surface area (TPSA) is 30.7 Å². The van der Waals surface area contributed by atoms with Gasteiger partial charge in [0.2, 0.25) is 0 Å². The Morgan fingerprint density at radius 1 is 0.419 bits per heavy atom. The smallest absolute Gasteiger partial charge is 0.160 e. The highest BCUT2D eigenvalue weighted by Crippen LogP contribution is 2.41. The van der Waals surface area contributed by atoms with Gasteiger partial charge in [-0.15, -0.1) is 0 Å². The van der Waals surface area contributed by atoms with E-state index in [1.54, 1.807) is 0 Å². The van der Waals surface area contributed by atoms with Crippen molar-refractivity contribution in [3.8, 4) is 39.6 Å². The van der Waals surface area contributed by atoms with Crippen LogP contribution in [0.2, 0.25) is 0 Å². The van der Waals surface area contributed by atoms with Crippen molar-refractivity contribution in [2.75, 3.05) is 0 Å². The standard InChI is InChI=1S/C40H25N3/c1-3-11-26(12-4-1)33-25-34(42-40(41-33)29-13-5-2-6-14-29)31-23-24-35(32-18-8-7-17-30(31)32)43-36-19-9-15-27-21-22-28-16-10-20-37(43)39(28)38(27)36/h1-25H. The lowest BCUT2D eigenvalue weighted by molar-refractivity contribution is 1.18. The molecule has 0 amide bonds. The molecule has 0 unspecified atom stereocenters. The summed E-state index contributed by atoms with van der Waals surface area (Å²) in [6, 6.07) is 53.6. The van der Waals surface area contributed by atoms with E-state index in [2.05, 4.69) is 132 Å². The van der Waals surface area contributed by atoms with Gasteiger partial charge in [0.05, 0.1) is 28.1 Å². The van der Waals surface area contributed by atoms with Crippen molar-refractivity contribution >= 4 is 43.4 Å². The molecule has 200 valence electrons. The van der Waals surface area contributed by atoms with Crippen LogP contribution in [0.4, 0.5) is 0 Å². The van der Waals surface area contributed by atoms with Gasteiger partial charge in [0.15, 0.2) is 5.82 Å². The molecular weight excluding hydrogens is 522 g/mol. The maximum Gasteiger partial charge on any atom is 0.160 e. The fraction of sp³-hybridized carbons (Fsp3) is 0. The number of rotatable bonds is 4. The molecule has 0 spiro atoms. The Morgan fingerprint density at radius 2 is 1.00 bits per heavy atom. The molecule has 0 saturated heterocycles. The second kappa shape index (κ2) is 9.37. The van der Waals surface area contributed by atoms with E-state index in [0.29, 0.717) is 0 Å². The quantitative estimate of drug-likeness (QED) is 0.205. The number of aromatic nitrogens is 3. The first-order chi connectivity index (χ1) is 21.3. The van der Waals surface area contributed by atoms with Crippen LogP contribution < -0.4 is 0 Å². The summed E-state index contributed by atoms with van der Waals surface area (Å²) in [5, 5.41) is 7.52. The molecule has 3 nitrogen and oxygen atoms in total. The van der Waals surface area contributed by atoms with Crippen molar-refractivity contribution in [3.05, 3.63) is 152 Å². The van der Waals surface area contributed by atoms with E-state index in [-0.39, 0.29) is 0 Å². The van der Waals surface area contributed by atoms with Crippen LogP contribution >= 0.6 is 0 Å². The Bertz CT molecular complexity index is 2310. The zero-order valence-electron chi connectivity index (χ0n) is 23.3. The largest absolute Gasteiger partial charge is 0.309 e. The molecule has 0 aliphatic rings. The highest BCUT2D eigenvalue weighted by molar-refractivity contribution is 6.24. The first-order valence-electron chi connectivity index (χ1n) is 14.6. The lowest BCUT2D eigenvalue weighted by Crippen LogP contribution is -1.99. The molecular formula is C40H25N3. The minimum atomic E-state index is 0.721. The van der Waals surface area contributed by atoms with Crippen LogP contribution in [0, 0.1) is 0 Å². The summed E-state index contributed by atoms with van der Waals surface area (Å²) >= 11 is 0. The molecule has 0 aliphatic carbocycles. The van der Waals surface area contributed by atoms with Crippen molar-refractivity contribution in [1.29, 1.82) is 0 Å². The monoisotopic (exact) mass is 547 g/mol. The van der Waals surface area contributed by atoms with E-state index in [4.69, 9.17) is 9.97 Å². The molecule has 2 heterocycles. The summed E-state index contributed by atoms with van der Waals surface area (Å²) < 4.78 is 2.43. The Kier molecular flexibility index (Phi) is 5.20. The molecule has 0 saturated carbocycles. The minimum Gasteiger partial charge on any atom is -0.309 e. The maximum atomic E-state index is 5.15. The average molecular weight is 548 g/mol. The normalized spacial score (nSPS) is 11.7. The lowest BCUT2D eigenvalue weighted by atomic mass is 9.98. The zero-order chi connectivity index (χ0) is 28.3. The van der Waals surface area contributed by atoms with E-state index < -0.39 is 0 Å². The molecule has 9 aromatic rings. The highest BCUT2D eigenvalue weighted by Gasteiger charge is 2.19. The van der Waals surface area contributed by atoms with Crippen LogP contribution in [0.3, 0.4) is 0 Å². The number of nitrogens with zero attached hydrogens (tertiary/aromatic N) is 3. The van der Waals surface area contributed by atoms with Gasteiger partial charge in [-0.05, 0) is 40.4 Å². The summed E-state index contributed by atoms with van der Waals surface area (Å²) in [4.78, 5) is 10.2. The second-order valence-electron chi connectivity index (χ2n) is 11.0. The molecule has 0 radical (unpaired) electrons. The van der Waals surface area contributed by atoms with E-state index >= 15 is 0 Å². The summed E-state index contributed by atoms with van der Waals surface area (Å²) in [6.45, 7) is 0. The summed E-state index contributed by atoms with van der Waals surface area (Å²) in [5.74, 6) is 0.721. The average Bonchev–Trinajstić information content (AvgIpc) is 3.43. The van der Waals surface area contributed by atoms with Gasteiger partial charge >= 0.3 is 0 Å². The number of hydrogen-bond acceptors (Lipinski definition) is 2.